The van der Waals surface area contributed by atoms with Gasteiger partial charge < -0.3 is 4.74 Å². The van der Waals surface area contributed by atoms with Crippen LogP contribution in [0.1, 0.15) is 21.7 Å². The monoisotopic (exact) mass is 267 g/mol. The minimum Gasteiger partial charge on any atom is -0.497 e. The standard InChI is InChI=1S/C15H13N3O2/c1-20-13-4-2-3-11(7-13)8-14-16-15-6-5-12(10-19)9-18(15)17-14/h2-7,9-10H,8H2,1H3. The molecule has 0 aliphatic heterocycles. The molecule has 0 radical (unpaired) electrons. The van der Waals surface area contributed by atoms with Gasteiger partial charge in [0.05, 0.1) is 7.11 Å². The number of fused-ring (bicyclic) bond motifs is 1. The maximum Gasteiger partial charge on any atom is 0.156 e. The Balaban J connectivity index is 1.92. The van der Waals surface area contributed by atoms with Gasteiger partial charge in [0, 0.05) is 18.2 Å². The highest BCUT2D eigenvalue weighted by atomic mass is 16.5. The van der Waals surface area contributed by atoms with Crippen LogP contribution < -0.4 is 4.74 Å². The number of aldehydes is 1. The zero-order valence-electron chi connectivity index (χ0n) is 11.0. The van der Waals surface area contributed by atoms with Gasteiger partial charge in [-0.15, -0.1) is 0 Å². The fourth-order valence-electron chi connectivity index (χ4n) is 2.05. The van der Waals surface area contributed by atoms with E-state index >= 15 is 0 Å². The summed E-state index contributed by atoms with van der Waals surface area (Å²) in [5.74, 6) is 1.52. The van der Waals surface area contributed by atoms with Crippen LogP contribution in [0, 0.1) is 0 Å². The number of nitrogens with zero attached hydrogens (tertiary/aromatic N) is 3. The summed E-state index contributed by atoms with van der Waals surface area (Å²) < 4.78 is 6.82. The Hall–Kier alpha value is -2.69. The quantitative estimate of drug-likeness (QED) is 0.680. The number of hydrogen-bond donors (Lipinski definition) is 0. The first kappa shape index (κ1) is 12.3. The third-order valence-electron chi connectivity index (χ3n) is 3.03. The number of methoxy groups -OCH3 is 1. The highest BCUT2D eigenvalue weighted by Crippen LogP contribution is 2.15. The van der Waals surface area contributed by atoms with Crippen LogP contribution in [-0.4, -0.2) is 28.0 Å². The molecule has 0 amide bonds. The molecule has 3 rings (SSSR count). The average Bonchev–Trinajstić information content (AvgIpc) is 2.88. The van der Waals surface area contributed by atoms with E-state index in [2.05, 4.69) is 10.1 Å². The molecule has 1 aromatic carbocycles. The van der Waals surface area contributed by atoms with Crippen LogP contribution in [0.15, 0.2) is 42.6 Å². The van der Waals surface area contributed by atoms with Crippen molar-refractivity contribution in [3.05, 3.63) is 59.5 Å². The van der Waals surface area contributed by atoms with Crippen molar-refractivity contribution in [2.24, 2.45) is 0 Å². The molecule has 0 atom stereocenters. The Bertz CT molecular complexity index is 765. The molecule has 0 aliphatic rings. The van der Waals surface area contributed by atoms with Crippen LogP contribution in [0.25, 0.3) is 5.65 Å². The van der Waals surface area contributed by atoms with E-state index < -0.39 is 0 Å². The van der Waals surface area contributed by atoms with Crippen molar-refractivity contribution in [1.29, 1.82) is 0 Å². The molecule has 0 fully saturated rings. The molecule has 0 saturated carbocycles. The van der Waals surface area contributed by atoms with Gasteiger partial charge in [-0.25, -0.2) is 9.50 Å². The SMILES string of the molecule is COc1cccc(Cc2nc3ccc(C=O)cn3n2)c1. The molecule has 3 aromatic rings. The summed E-state index contributed by atoms with van der Waals surface area (Å²) in [6, 6.07) is 11.3. The van der Waals surface area contributed by atoms with E-state index in [9.17, 15) is 4.79 Å². The molecule has 0 saturated heterocycles. The van der Waals surface area contributed by atoms with Crippen LogP contribution in [-0.2, 0) is 6.42 Å². The topological polar surface area (TPSA) is 56.5 Å². The first-order chi connectivity index (χ1) is 9.78. The van der Waals surface area contributed by atoms with Gasteiger partial charge in [0.1, 0.15) is 5.75 Å². The molecular weight excluding hydrogens is 254 g/mol. The molecule has 100 valence electrons. The van der Waals surface area contributed by atoms with Gasteiger partial charge >= 0.3 is 0 Å². The number of hydrogen-bond acceptors (Lipinski definition) is 4. The van der Waals surface area contributed by atoms with E-state index in [-0.39, 0.29) is 0 Å². The summed E-state index contributed by atoms with van der Waals surface area (Å²) in [5, 5.41) is 4.38. The van der Waals surface area contributed by atoms with Crippen molar-refractivity contribution in [2.75, 3.05) is 7.11 Å². The Kier molecular flexibility index (Phi) is 3.16. The zero-order chi connectivity index (χ0) is 13.9. The summed E-state index contributed by atoms with van der Waals surface area (Å²) in [6.45, 7) is 0. The number of benzene rings is 1. The molecule has 2 aromatic heterocycles. The van der Waals surface area contributed by atoms with Crippen molar-refractivity contribution < 1.29 is 9.53 Å². The van der Waals surface area contributed by atoms with Gasteiger partial charge in [0.2, 0.25) is 0 Å². The Morgan fingerprint density at radius 3 is 3.00 bits per heavy atom. The summed E-state index contributed by atoms with van der Waals surface area (Å²) in [6.07, 6.45) is 3.09. The largest absolute Gasteiger partial charge is 0.497 e. The van der Waals surface area contributed by atoms with Crippen molar-refractivity contribution >= 4 is 11.9 Å². The number of ether oxygens (including phenoxy) is 1. The van der Waals surface area contributed by atoms with Crippen molar-refractivity contribution in [3.63, 3.8) is 0 Å². The fourth-order valence-corrected chi connectivity index (χ4v) is 2.05. The molecule has 5 heteroatoms. The number of pyridine rings is 1. The van der Waals surface area contributed by atoms with Crippen LogP contribution in [0.5, 0.6) is 5.75 Å². The van der Waals surface area contributed by atoms with E-state index in [4.69, 9.17) is 4.74 Å². The van der Waals surface area contributed by atoms with E-state index in [0.717, 1.165) is 23.2 Å². The van der Waals surface area contributed by atoms with E-state index in [1.807, 2.05) is 24.3 Å². The van der Waals surface area contributed by atoms with Gasteiger partial charge in [-0.05, 0) is 29.8 Å². The molecule has 0 N–H and O–H groups in total. The molecule has 0 spiro atoms. The highest BCUT2D eigenvalue weighted by molar-refractivity contribution is 5.74. The lowest BCUT2D eigenvalue weighted by Gasteiger charge is -2.01. The van der Waals surface area contributed by atoms with Gasteiger partial charge in [0.15, 0.2) is 17.8 Å². The molecule has 2 heterocycles. The lowest BCUT2D eigenvalue weighted by molar-refractivity contribution is 0.112. The Morgan fingerprint density at radius 2 is 2.20 bits per heavy atom. The third kappa shape index (κ3) is 2.38. The van der Waals surface area contributed by atoms with E-state index in [1.165, 1.54) is 0 Å². The lowest BCUT2D eigenvalue weighted by Crippen LogP contribution is -1.93. The first-order valence-electron chi connectivity index (χ1n) is 6.22. The minimum absolute atomic E-state index is 0.579. The summed E-state index contributed by atoms with van der Waals surface area (Å²) in [4.78, 5) is 15.2. The molecule has 0 aliphatic carbocycles. The van der Waals surface area contributed by atoms with Crippen LogP contribution in [0.2, 0.25) is 0 Å². The van der Waals surface area contributed by atoms with E-state index in [1.54, 1.807) is 30.0 Å². The summed E-state index contributed by atoms with van der Waals surface area (Å²) in [7, 11) is 1.64. The lowest BCUT2D eigenvalue weighted by atomic mass is 10.1. The molecule has 0 unspecified atom stereocenters. The second-order valence-electron chi connectivity index (χ2n) is 4.44. The van der Waals surface area contributed by atoms with Crippen LogP contribution in [0.4, 0.5) is 0 Å². The predicted octanol–water partition coefficient (Wildman–Crippen LogP) is 2.14. The predicted molar refractivity (Wildman–Crippen MR) is 74.2 cm³/mol. The Morgan fingerprint density at radius 1 is 1.30 bits per heavy atom. The fraction of sp³-hybridized carbons (Fsp3) is 0.133. The molecule has 5 nitrogen and oxygen atoms in total. The average molecular weight is 267 g/mol. The minimum atomic E-state index is 0.579. The highest BCUT2D eigenvalue weighted by Gasteiger charge is 2.06. The summed E-state index contributed by atoms with van der Waals surface area (Å²) >= 11 is 0. The zero-order valence-corrected chi connectivity index (χ0v) is 11.0. The Labute approximate surface area is 115 Å². The number of rotatable bonds is 4. The van der Waals surface area contributed by atoms with Crippen molar-refractivity contribution in [3.8, 4) is 5.75 Å². The normalized spacial score (nSPS) is 10.7. The maximum atomic E-state index is 10.7. The smallest absolute Gasteiger partial charge is 0.156 e. The second kappa shape index (κ2) is 5.13. The maximum absolute atomic E-state index is 10.7. The van der Waals surface area contributed by atoms with E-state index in [0.29, 0.717) is 17.8 Å². The van der Waals surface area contributed by atoms with Crippen LogP contribution >= 0.6 is 0 Å². The van der Waals surface area contributed by atoms with Gasteiger partial charge in [-0.3, -0.25) is 4.79 Å². The van der Waals surface area contributed by atoms with Gasteiger partial charge in [-0.1, -0.05) is 12.1 Å². The van der Waals surface area contributed by atoms with Crippen LogP contribution in [0.3, 0.4) is 0 Å². The number of aromatic nitrogens is 3. The summed E-state index contributed by atoms with van der Waals surface area (Å²) in [5.41, 5.74) is 2.39. The molecule has 0 bridgehead atoms. The number of carbonyl (C=O) groups is 1. The van der Waals surface area contributed by atoms with Crippen molar-refractivity contribution in [1.82, 2.24) is 14.6 Å². The van der Waals surface area contributed by atoms with Gasteiger partial charge in [0.25, 0.3) is 0 Å². The third-order valence-corrected chi connectivity index (χ3v) is 3.03. The molecule has 20 heavy (non-hydrogen) atoms. The van der Waals surface area contributed by atoms with Gasteiger partial charge in [-0.2, -0.15) is 5.10 Å². The van der Waals surface area contributed by atoms with Crippen molar-refractivity contribution in [2.45, 2.75) is 6.42 Å². The second-order valence-corrected chi connectivity index (χ2v) is 4.44. The number of carbonyl (C=O) groups excluding carboxylic acids is 1. The first-order valence-corrected chi connectivity index (χ1v) is 6.22. The molecular formula is C15H13N3O2.